The Labute approximate surface area is 118 Å². The number of nitrogens with zero attached hydrogens (tertiary/aromatic N) is 1. The van der Waals surface area contributed by atoms with Crippen molar-refractivity contribution in [2.45, 2.75) is 13.0 Å². The highest BCUT2D eigenvalue weighted by molar-refractivity contribution is 5.85. The Morgan fingerprint density at radius 1 is 0.950 bits per heavy atom. The first-order valence-electron chi connectivity index (χ1n) is 6.86. The van der Waals surface area contributed by atoms with Crippen molar-refractivity contribution in [2.24, 2.45) is 4.99 Å². The van der Waals surface area contributed by atoms with Gasteiger partial charge >= 0.3 is 0 Å². The maximum atomic E-state index is 5.77. The molecule has 0 saturated heterocycles. The average Bonchev–Trinajstić information content (AvgIpc) is 2.74. The van der Waals surface area contributed by atoms with Gasteiger partial charge in [-0.25, -0.2) is 0 Å². The molecule has 2 aromatic rings. The van der Waals surface area contributed by atoms with Crippen LogP contribution in [0.3, 0.4) is 0 Å². The van der Waals surface area contributed by atoms with Crippen molar-refractivity contribution in [3.63, 3.8) is 0 Å². The fraction of sp³-hybridized carbons (Fsp3) is 0.235. The lowest BCUT2D eigenvalue weighted by molar-refractivity contribution is 0.297. The summed E-state index contributed by atoms with van der Waals surface area (Å²) in [5, 5.41) is 0. The van der Waals surface area contributed by atoms with E-state index in [1.807, 2.05) is 42.6 Å². The quantitative estimate of drug-likeness (QED) is 0.797. The molecule has 1 aliphatic rings. The highest BCUT2D eigenvalue weighted by atomic mass is 16.5. The van der Waals surface area contributed by atoms with Crippen LogP contribution in [0.4, 0.5) is 0 Å². The Balaban J connectivity index is 1.77. The van der Waals surface area contributed by atoms with Gasteiger partial charge in [0, 0.05) is 18.2 Å². The minimum absolute atomic E-state index is 0.672. The Morgan fingerprint density at radius 3 is 2.70 bits per heavy atom. The zero-order valence-corrected chi connectivity index (χ0v) is 11.3. The van der Waals surface area contributed by atoms with Gasteiger partial charge in [-0.15, -0.1) is 0 Å². The third-order valence-electron chi connectivity index (χ3n) is 3.15. The lowest BCUT2D eigenvalue weighted by atomic mass is 10.2. The second-order valence-electron chi connectivity index (χ2n) is 4.68. The molecule has 1 heterocycles. The van der Waals surface area contributed by atoms with Gasteiger partial charge in [0.2, 0.25) is 0 Å². The minimum Gasteiger partial charge on any atom is -0.490 e. The molecule has 0 atom stereocenters. The van der Waals surface area contributed by atoms with Gasteiger partial charge in [0.25, 0.3) is 0 Å². The summed E-state index contributed by atoms with van der Waals surface area (Å²) in [4.78, 5) is 4.49. The molecule has 2 aromatic carbocycles. The Morgan fingerprint density at radius 2 is 1.80 bits per heavy atom. The monoisotopic (exact) mass is 267 g/mol. The van der Waals surface area contributed by atoms with Crippen LogP contribution in [0, 0.1) is 0 Å². The van der Waals surface area contributed by atoms with E-state index in [4.69, 9.17) is 9.47 Å². The summed E-state index contributed by atoms with van der Waals surface area (Å²) in [6.07, 6.45) is 2.77. The molecule has 0 N–H and O–H groups in total. The van der Waals surface area contributed by atoms with E-state index in [1.54, 1.807) is 0 Å². The number of aliphatic imine (C=N–C) groups is 1. The molecule has 0 bridgehead atoms. The number of benzene rings is 2. The highest BCUT2D eigenvalue weighted by Gasteiger charge is 2.12. The van der Waals surface area contributed by atoms with Gasteiger partial charge in [-0.2, -0.15) is 0 Å². The van der Waals surface area contributed by atoms with Crippen LogP contribution in [-0.4, -0.2) is 19.4 Å². The van der Waals surface area contributed by atoms with E-state index >= 15 is 0 Å². The van der Waals surface area contributed by atoms with E-state index in [-0.39, 0.29) is 0 Å². The van der Waals surface area contributed by atoms with E-state index in [2.05, 4.69) is 17.1 Å². The second kappa shape index (κ2) is 6.24. The van der Waals surface area contributed by atoms with Crippen molar-refractivity contribution in [3.8, 4) is 11.5 Å². The zero-order valence-electron chi connectivity index (χ0n) is 11.3. The molecule has 0 amide bonds. The van der Waals surface area contributed by atoms with Crippen LogP contribution in [-0.2, 0) is 6.54 Å². The van der Waals surface area contributed by atoms with Crippen LogP contribution in [0.15, 0.2) is 53.5 Å². The van der Waals surface area contributed by atoms with Crippen molar-refractivity contribution in [2.75, 3.05) is 13.2 Å². The Kier molecular flexibility index (Phi) is 3.97. The van der Waals surface area contributed by atoms with Crippen molar-refractivity contribution < 1.29 is 9.47 Å². The summed E-state index contributed by atoms with van der Waals surface area (Å²) in [7, 11) is 0. The van der Waals surface area contributed by atoms with E-state index in [0.29, 0.717) is 19.8 Å². The van der Waals surface area contributed by atoms with Crippen LogP contribution >= 0.6 is 0 Å². The smallest absolute Gasteiger partial charge is 0.169 e. The number of ether oxygens (including phenoxy) is 2. The molecular formula is C17H17NO2. The topological polar surface area (TPSA) is 30.8 Å². The number of hydrogen-bond donors (Lipinski definition) is 0. The van der Waals surface area contributed by atoms with Gasteiger partial charge in [0.1, 0.15) is 0 Å². The van der Waals surface area contributed by atoms with Gasteiger partial charge in [0.05, 0.1) is 19.8 Å². The average molecular weight is 267 g/mol. The number of para-hydroxylation sites is 1. The summed E-state index contributed by atoms with van der Waals surface area (Å²) in [6, 6.07) is 16.1. The molecule has 0 fully saturated rings. The molecule has 102 valence electrons. The van der Waals surface area contributed by atoms with Crippen molar-refractivity contribution in [1.82, 2.24) is 0 Å². The van der Waals surface area contributed by atoms with Gasteiger partial charge in [0.15, 0.2) is 11.5 Å². The first-order chi connectivity index (χ1) is 9.93. The van der Waals surface area contributed by atoms with Crippen LogP contribution in [0.1, 0.15) is 17.5 Å². The van der Waals surface area contributed by atoms with Crippen LogP contribution < -0.4 is 9.47 Å². The van der Waals surface area contributed by atoms with Crippen molar-refractivity contribution in [1.29, 1.82) is 0 Å². The predicted octanol–water partition coefficient (Wildman–Crippen LogP) is 3.47. The molecule has 3 heteroatoms. The molecule has 3 nitrogen and oxygen atoms in total. The molecule has 0 aromatic heterocycles. The minimum atomic E-state index is 0.672. The van der Waals surface area contributed by atoms with E-state index in [9.17, 15) is 0 Å². The first kappa shape index (κ1) is 12.7. The standard InChI is InChI=1S/C17H17NO2/c1-2-6-14(7-3-1)12-18-13-15-8-4-9-16-17(15)20-11-5-10-19-16/h1-4,6-9,13H,5,10-12H2. The Hall–Kier alpha value is -2.29. The third-order valence-corrected chi connectivity index (χ3v) is 3.15. The van der Waals surface area contributed by atoms with Gasteiger partial charge < -0.3 is 9.47 Å². The highest BCUT2D eigenvalue weighted by Crippen LogP contribution is 2.32. The molecule has 0 saturated carbocycles. The largest absolute Gasteiger partial charge is 0.490 e. The third kappa shape index (κ3) is 2.99. The fourth-order valence-corrected chi connectivity index (χ4v) is 2.15. The zero-order chi connectivity index (χ0) is 13.6. The second-order valence-corrected chi connectivity index (χ2v) is 4.68. The summed E-state index contributed by atoms with van der Waals surface area (Å²) in [5.74, 6) is 1.62. The van der Waals surface area contributed by atoms with Crippen LogP contribution in [0.2, 0.25) is 0 Å². The first-order valence-corrected chi connectivity index (χ1v) is 6.86. The van der Waals surface area contributed by atoms with Crippen LogP contribution in [0.25, 0.3) is 0 Å². The lowest BCUT2D eigenvalue weighted by Gasteiger charge is -2.09. The summed E-state index contributed by atoms with van der Waals surface area (Å²) < 4.78 is 11.4. The molecule has 0 aliphatic carbocycles. The maximum Gasteiger partial charge on any atom is 0.169 e. The molecular weight excluding hydrogens is 250 g/mol. The summed E-state index contributed by atoms with van der Waals surface area (Å²) in [6.45, 7) is 2.07. The van der Waals surface area contributed by atoms with Gasteiger partial charge in [-0.05, 0) is 17.7 Å². The molecule has 0 spiro atoms. The van der Waals surface area contributed by atoms with E-state index in [0.717, 1.165) is 23.5 Å². The lowest BCUT2D eigenvalue weighted by Crippen LogP contribution is -1.98. The molecule has 3 rings (SSSR count). The molecule has 0 radical (unpaired) electrons. The van der Waals surface area contributed by atoms with Gasteiger partial charge in [-0.3, -0.25) is 4.99 Å². The van der Waals surface area contributed by atoms with E-state index in [1.165, 1.54) is 5.56 Å². The Bertz CT molecular complexity index is 593. The van der Waals surface area contributed by atoms with Crippen molar-refractivity contribution in [3.05, 3.63) is 59.7 Å². The number of fused-ring (bicyclic) bond motifs is 1. The molecule has 1 aliphatic heterocycles. The van der Waals surface area contributed by atoms with Crippen LogP contribution in [0.5, 0.6) is 11.5 Å². The maximum absolute atomic E-state index is 5.77. The number of rotatable bonds is 3. The fourth-order valence-electron chi connectivity index (χ4n) is 2.15. The summed E-state index contributed by atoms with van der Waals surface area (Å²) in [5.41, 5.74) is 2.17. The molecule has 0 unspecified atom stereocenters. The normalized spacial score (nSPS) is 14.2. The predicted molar refractivity (Wildman–Crippen MR) is 79.8 cm³/mol. The number of hydrogen-bond acceptors (Lipinski definition) is 3. The van der Waals surface area contributed by atoms with Crippen molar-refractivity contribution >= 4 is 6.21 Å². The van der Waals surface area contributed by atoms with E-state index < -0.39 is 0 Å². The van der Waals surface area contributed by atoms with Gasteiger partial charge in [-0.1, -0.05) is 36.4 Å². The summed E-state index contributed by atoms with van der Waals surface area (Å²) >= 11 is 0. The molecule has 20 heavy (non-hydrogen) atoms. The SMILES string of the molecule is C(=NCc1ccccc1)c1cccc2c1OCCCO2.